The zero-order chi connectivity index (χ0) is 13.5. The van der Waals surface area contributed by atoms with Crippen molar-refractivity contribution in [2.75, 3.05) is 7.11 Å². The molecule has 1 aromatic rings. The number of rotatable bonds is 6. The lowest BCUT2D eigenvalue weighted by atomic mass is 10.1. The van der Waals surface area contributed by atoms with E-state index in [0.29, 0.717) is 18.8 Å². The smallest absolute Gasteiger partial charge is 0.230 e. The average Bonchev–Trinajstić information content (AvgIpc) is 2.37. The van der Waals surface area contributed by atoms with Crippen LogP contribution < -0.4 is 15.8 Å². The maximum absolute atomic E-state index is 11.8. The van der Waals surface area contributed by atoms with Gasteiger partial charge in [0.05, 0.1) is 18.0 Å². The Labute approximate surface area is 112 Å². The summed E-state index contributed by atoms with van der Waals surface area (Å²) >= 11 is 4.84. The molecule has 1 aromatic heterocycles. The van der Waals surface area contributed by atoms with Gasteiger partial charge in [0.25, 0.3) is 0 Å². The summed E-state index contributed by atoms with van der Waals surface area (Å²) in [6, 6.07) is 3.58. The van der Waals surface area contributed by atoms with Crippen molar-refractivity contribution in [2.24, 2.45) is 11.7 Å². The van der Waals surface area contributed by atoms with Gasteiger partial charge in [0.15, 0.2) is 0 Å². The molecule has 5 nitrogen and oxygen atoms in total. The van der Waals surface area contributed by atoms with Crippen LogP contribution in [0.1, 0.15) is 18.9 Å². The highest BCUT2D eigenvalue weighted by molar-refractivity contribution is 7.80. The Kier molecular flexibility index (Phi) is 5.51. The number of pyridine rings is 1. The third-order valence-corrected chi connectivity index (χ3v) is 2.83. The van der Waals surface area contributed by atoms with E-state index < -0.39 is 5.92 Å². The fourth-order valence-corrected chi connectivity index (χ4v) is 1.74. The molecule has 0 aliphatic carbocycles. The molecule has 3 N–H and O–H groups in total. The van der Waals surface area contributed by atoms with Gasteiger partial charge in [-0.3, -0.25) is 4.79 Å². The van der Waals surface area contributed by atoms with Crippen molar-refractivity contribution in [3.8, 4) is 5.88 Å². The van der Waals surface area contributed by atoms with Crippen LogP contribution in [-0.4, -0.2) is 23.0 Å². The van der Waals surface area contributed by atoms with Crippen LogP contribution in [0.3, 0.4) is 0 Å². The summed E-state index contributed by atoms with van der Waals surface area (Å²) in [5.41, 5.74) is 6.39. The molecule has 0 saturated carbocycles. The second-order valence-corrected chi connectivity index (χ2v) is 4.26. The topological polar surface area (TPSA) is 77.2 Å². The van der Waals surface area contributed by atoms with Crippen LogP contribution in [0, 0.1) is 5.92 Å². The molecule has 0 aliphatic heterocycles. The number of carbonyl (C=O) groups excluding carboxylic acids is 1. The Morgan fingerprint density at radius 1 is 1.61 bits per heavy atom. The van der Waals surface area contributed by atoms with Gasteiger partial charge in [0.1, 0.15) is 0 Å². The quantitative estimate of drug-likeness (QED) is 0.752. The molecular formula is C12H17N3O2S. The van der Waals surface area contributed by atoms with Crippen LogP contribution in [0.5, 0.6) is 5.88 Å². The van der Waals surface area contributed by atoms with Crippen LogP contribution in [0.4, 0.5) is 0 Å². The summed E-state index contributed by atoms with van der Waals surface area (Å²) in [7, 11) is 1.55. The van der Waals surface area contributed by atoms with Crippen molar-refractivity contribution in [1.82, 2.24) is 10.3 Å². The Morgan fingerprint density at radius 2 is 2.33 bits per heavy atom. The number of methoxy groups -OCH3 is 1. The maximum atomic E-state index is 11.8. The zero-order valence-electron chi connectivity index (χ0n) is 10.5. The predicted molar refractivity (Wildman–Crippen MR) is 73.2 cm³/mol. The van der Waals surface area contributed by atoms with Gasteiger partial charge >= 0.3 is 0 Å². The molecule has 18 heavy (non-hydrogen) atoms. The maximum Gasteiger partial charge on any atom is 0.230 e. The van der Waals surface area contributed by atoms with Gasteiger partial charge in [-0.15, -0.1) is 0 Å². The van der Waals surface area contributed by atoms with Gasteiger partial charge < -0.3 is 15.8 Å². The van der Waals surface area contributed by atoms with Crippen LogP contribution in [0.2, 0.25) is 0 Å². The van der Waals surface area contributed by atoms with Gasteiger partial charge in [-0.05, 0) is 12.0 Å². The summed E-state index contributed by atoms with van der Waals surface area (Å²) in [5.74, 6) is -0.0216. The van der Waals surface area contributed by atoms with E-state index in [-0.39, 0.29) is 10.9 Å². The summed E-state index contributed by atoms with van der Waals surface area (Å²) in [5, 5.41) is 2.78. The van der Waals surface area contributed by atoms with E-state index in [4.69, 9.17) is 22.7 Å². The molecule has 0 aliphatic rings. The number of nitrogens with zero attached hydrogens (tertiary/aromatic N) is 1. The van der Waals surface area contributed by atoms with Crippen molar-refractivity contribution < 1.29 is 9.53 Å². The third kappa shape index (κ3) is 3.96. The molecule has 0 spiro atoms. The monoisotopic (exact) mass is 267 g/mol. The molecule has 0 radical (unpaired) electrons. The van der Waals surface area contributed by atoms with Crippen molar-refractivity contribution in [1.29, 1.82) is 0 Å². The molecule has 98 valence electrons. The van der Waals surface area contributed by atoms with Crippen molar-refractivity contribution in [3.63, 3.8) is 0 Å². The van der Waals surface area contributed by atoms with Gasteiger partial charge in [-0.1, -0.05) is 25.2 Å². The van der Waals surface area contributed by atoms with Crippen molar-refractivity contribution >= 4 is 23.1 Å². The fraction of sp³-hybridized carbons (Fsp3) is 0.417. The minimum Gasteiger partial charge on any atom is -0.481 e. The van der Waals surface area contributed by atoms with Gasteiger partial charge in [0, 0.05) is 18.8 Å². The Balaban J connectivity index is 2.53. The van der Waals surface area contributed by atoms with E-state index in [1.54, 1.807) is 19.4 Å². The van der Waals surface area contributed by atoms with E-state index in [1.807, 2.05) is 13.0 Å². The predicted octanol–water partition coefficient (Wildman–Crippen LogP) is 1.02. The van der Waals surface area contributed by atoms with E-state index in [2.05, 4.69) is 10.3 Å². The lowest BCUT2D eigenvalue weighted by Gasteiger charge is -2.13. The molecule has 0 aromatic carbocycles. The zero-order valence-corrected chi connectivity index (χ0v) is 11.3. The van der Waals surface area contributed by atoms with Crippen LogP contribution in [0.25, 0.3) is 0 Å². The number of carbonyl (C=O) groups is 1. The summed E-state index contributed by atoms with van der Waals surface area (Å²) in [4.78, 5) is 16.1. The highest BCUT2D eigenvalue weighted by Crippen LogP contribution is 2.07. The number of aromatic nitrogens is 1. The van der Waals surface area contributed by atoms with E-state index in [9.17, 15) is 4.79 Å². The molecule has 0 saturated heterocycles. The second-order valence-electron chi connectivity index (χ2n) is 3.79. The molecule has 1 heterocycles. The lowest BCUT2D eigenvalue weighted by Crippen LogP contribution is -2.37. The summed E-state index contributed by atoms with van der Waals surface area (Å²) in [6.45, 7) is 2.27. The SMILES string of the molecule is CCC(C(=O)NCc1ccc(OC)nc1)C(N)=S. The molecule has 1 unspecified atom stereocenters. The van der Waals surface area contributed by atoms with Crippen LogP contribution >= 0.6 is 12.2 Å². The summed E-state index contributed by atoms with van der Waals surface area (Å²) < 4.78 is 4.95. The normalized spacial score (nSPS) is 11.7. The molecule has 0 fully saturated rings. The minimum atomic E-state index is -0.411. The number of thiocarbonyl (C=S) groups is 1. The van der Waals surface area contributed by atoms with Gasteiger partial charge in [-0.25, -0.2) is 4.98 Å². The Hall–Kier alpha value is -1.69. The number of amides is 1. The van der Waals surface area contributed by atoms with Crippen LogP contribution in [-0.2, 0) is 11.3 Å². The van der Waals surface area contributed by atoms with E-state index in [1.165, 1.54) is 0 Å². The molecule has 1 rings (SSSR count). The fourth-order valence-electron chi connectivity index (χ4n) is 1.46. The highest BCUT2D eigenvalue weighted by atomic mass is 32.1. The molecule has 0 bridgehead atoms. The van der Waals surface area contributed by atoms with Gasteiger partial charge in [-0.2, -0.15) is 0 Å². The molecular weight excluding hydrogens is 250 g/mol. The first-order valence-corrected chi connectivity index (χ1v) is 6.05. The third-order valence-electron chi connectivity index (χ3n) is 2.54. The largest absolute Gasteiger partial charge is 0.481 e. The Bertz CT molecular complexity index is 420. The first kappa shape index (κ1) is 14.4. The lowest BCUT2D eigenvalue weighted by molar-refractivity contribution is -0.123. The second kappa shape index (κ2) is 6.90. The van der Waals surface area contributed by atoms with E-state index >= 15 is 0 Å². The number of nitrogens with two attached hydrogens (primary N) is 1. The van der Waals surface area contributed by atoms with E-state index in [0.717, 1.165) is 5.56 Å². The molecule has 1 atom stereocenters. The van der Waals surface area contributed by atoms with Gasteiger partial charge in [0.2, 0.25) is 11.8 Å². The first-order chi connectivity index (χ1) is 8.58. The summed E-state index contributed by atoms with van der Waals surface area (Å²) in [6.07, 6.45) is 2.25. The van der Waals surface area contributed by atoms with Crippen LogP contribution in [0.15, 0.2) is 18.3 Å². The molecule has 1 amide bonds. The Morgan fingerprint density at radius 3 is 2.78 bits per heavy atom. The number of ether oxygens (including phenoxy) is 1. The number of hydrogen-bond donors (Lipinski definition) is 2. The average molecular weight is 267 g/mol. The minimum absolute atomic E-state index is 0.152. The molecule has 6 heteroatoms. The number of hydrogen-bond acceptors (Lipinski definition) is 4. The number of nitrogens with one attached hydrogen (secondary N) is 1. The first-order valence-electron chi connectivity index (χ1n) is 5.64. The standard InChI is InChI=1S/C12H17N3O2S/c1-3-9(11(13)18)12(16)15-7-8-4-5-10(17-2)14-6-8/h4-6,9H,3,7H2,1-2H3,(H2,13,18)(H,15,16). The highest BCUT2D eigenvalue weighted by Gasteiger charge is 2.18. The van der Waals surface area contributed by atoms with Crippen molar-refractivity contribution in [3.05, 3.63) is 23.9 Å². The van der Waals surface area contributed by atoms with Crippen molar-refractivity contribution in [2.45, 2.75) is 19.9 Å².